The third-order valence-electron chi connectivity index (χ3n) is 4.43. The van der Waals surface area contributed by atoms with Crippen LogP contribution in [0.15, 0.2) is 21.6 Å². The fourth-order valence-electron chi connectivity index (χ4n) is 3.07. The summed E-state index contributed by atoms with van der Waals surface area (Å²) < 4.78 is 32.1. The van der Waals surface area contributed by atoms with E-state index >= 15 is 0 Å². The summed E-state index contributed by atoms with van der Waals surface area (Å²) in [5.74, 6) is 1.58. The molecule has 0 atom stereocenters. The Balaban J connectivity index is 1.66. The Hall–Kier alpha value is -0.850. The summed E-state index contributed by atoms with van der Waals surface area (Å²) in [6, 6.07) is 3.43. The smallest absolute Gasteiger partial charge is 0.276 e. The van der Waals surface area contributed by atoms with Crippen molar-refractivity contribution in [2.75, 3.05) is 26.2 Å². The average Bonchev–Trinajstić information content (AvgIpc) is 2.97. The van der Waals surface area contributed by atoms with E-state index < -0.39 is 10.0 Å². The van der Waals surface area contributed by atoms with Crippen molar-refractivity contribution >= 4 is 10.0 Å². The molecule has 1 aliphatic carbocycles. The Morgan fingerprint density at radius 3 is 2.64 bits per heavy atom. The van der Waals surface area contributed by atoms with Crippen LogP contribution in [-0.2, 0) is 16.6 Å². The first-order valence-electron chi connectivity index (χ1n) is 8.41. The zero-order valence-corrected chi connectivity index (χ0v) is 14.1. The van der Waals surface area contributed by atoms with Crippen molar-refractivity contribution in [3.63, 3.8) is 0 Å². The van der Waals surface area contributed by atoms with Crippen molar-refractivity contribution in [1.29, 1.82) is 0 Å². The van der Waals surface area contributed by atoms with Gasteiger partial charge in [-0.1, -0.05) is 6.92 Å². The Labute approximate surface area is 133 Å². The van der Waals surface area contributed by atoms with Gasteiger partial charge in [-0.2, -0.15) is 4.31 Å². The zero-order chi connectivity index (χ0) is 15.6. The lowest BCUT2D eigenvalue weighted by atomic mass is 10.3. The second kappa shape index (κ2) is 6.72. The van der Waals surface area contributed by atoms with Gasteiger partial charge in [0.05, 0.1) is 6.54 Å². The molecule has 0 aromatic carbocycles. The number of rotatable bonds is 8. The molecular formula is C16H26N2O3S. The molecule has 3 rings (SSSR count). The maximum absolute atomic E-state index is 12.5. The monoisotopic (exact) mass is 326 g/mol. The molecular weight excluding hydrogens is 300 g/mol. The van der Waals surface area contributed by atoms with E-state index in [0.717, 1.165) is 44.0 Å². The summed E-state index contributed by atoms with van der Waals surface area (Å²) in [6.07, 6.45) is 5.64. The van der Waals surface area contributed by atoms with Crippen molar-refractivity contribution in [2.24, 2.45) is 5.92 Å². The van der Waals surface area contributed by atoms with Crippen LogP contribution in [0.25, 0.3) is 0 Å². The molecule has 0 spiro atoms. The van der Waals surface area contributed by atoms with Gasteiger partial charge in [0.15, 0.2) is 0 Å². The quantitative estimate of drug-likeness (QED) is 0.737. The highest BCUT2D eigenvalue weighted by atomic mass is 32.2. The molecule has 0 N–H and O–H groups in total. The molecule has 1 saturated carbocycles. The third kappa shape index (κ3) is 3.73. The maximum atomic E-state index is 12.5. The van der Waals surface area contributed by atoms with Crippen LogP contribution in [0.4, 0.5) is 0 Å². The largest absolute Gasteiger partial charge is 0.447 e. The van der Waals surface area contributed by atoms with E-state index in [9.17, 15) is 8.42 Å². The van der Waals surface area contributed by atoms with Gasteiger partial charge in [-0.05, 0) is 56.7 Å². The molecule has 2 heterocycles. The first-order chi connectivity index (χ1) is 10.6. The normalized spacial score (nSPS) is 20.1. The average molecular weight is 326 g/mol. The maximum Gasteiger partial charge on any atom is 0.276 e. The highest BCUT2D eigenvalue weighted by molar-refractivity contribution is 7.89. The van der Waals surface area contributed by atoms with Crippen LogP contribution in [0.3, 0.4) is 0 Å². The van der Waals surface area contributed by atoms with Crippen molar-refractivity contribution in [3.8, 4) is 0 Å². The summed E-state index contributed by atoms with van der Waals surface area (Å²) in [4.78, 5) is 2.38. The Morgan fingerprint density at radius 1 is 1.27 bits per heavy atom. The summed E-state index contributed by atoms with van der Waals surface area (Å²) >= 11 is 0. The lowest BCUT2D eigenvalue weighted by Gasteiger charge is -2.20. The van der Waals surface area contributed by atoms with E-state index in [1.807, 2.05) is 6.07 Å². The van der Waals surface area contributed by atoms with Gasteiger partial charge in [-0.25, -0.2) is 8.42 Å². The van der Waals surface area contributed by atoms with Crippen LogP contribution >= 0.6 is 0 Å². The molecule has 6 heteroatoms. The second-order valence-electron chi connectivity index (χ2n) is 6.51. The molecule has 2 fully saturated rings. The second-order valence-corrected chi connectivity index (χ2v) is 8.38. The van der Waals surface area contributed by atoms with E-state index in [1.165, 1.54) is 17.1 Å². The van der Waals surface area contributed by atoms with Gasteiger partial charge in [-0.3, -0.25) is 4.90 Å². The minimum atomic E-state index is -3.43. The minimum Gasteiger partial charge on any atom is -0.447 e. The van der Waals surface area contributed by atoms with E-state index in [4.69, 9.17) is 4.42 Å². The molecule has 0 radical (unpaired) electrons. The first kappa shape index (κ1) is 16.0. The Kier molecular flexibility index (Phi) is 4.90. The molecule has 124 valence electrons. The first-order valence-corrected chi connectivity index (χ1v) is 9.85. The molecule has 0 amide bonds. The van der Waals surface area contributed by atoms with Crippen LogP contribution in [0.1, 0.15) is 44.8 Å². The van der Waals surface area contributed by atoms with Crippen molar-refractivity contribution < 1.29 is 12.8 Å². The predicted octanol–water partition coefficient (Wildman–Crippen LogP) is 2.69. The van der Waals surface area contributed by atoms with Gasteiger partial charge in [0.2, 0.25) is 5.09 Å². The van der Waals surface area contributed by atoms with Crippen molar-refractivity contribution in [3.05, 3.63) is 17.9 Å². The minimum absolute atomic E-state index is 0.104. The van der Waals surface area contributed by atoms with Crippen LogP contribution < -0.4 is 0 Å². The predicted molar refractivity (Wildman–Crippen MR) is 85.0 cm³/mol. The van der Waals surface area contributed by atoms with Crippen LogP contribution in [-0.4, -0.2) is 43.8 Å². The fourth-order valence-corrected chi connectivity index (χ4v) is 4.52. The fraction of sp³-hybridized carbons (Fsp3) is 0.750. The highest BCUT2D eigenvalue weighted by Gasteiger charge is 2.30. The number of sulfonamides is 1. The molecule has 5 nitrogen and oxygen atoms in total. The Bertz CT molecular complexity index is 586. The summed E-state index contributed by atoms with van der Waals surface area (Å²) in [5.41, 5.74) is 0. The summed E-state index contributed by atoms with van der Waals surface area (Å²) in [6.45, 7) is 6.24. The summed E-state index contributed by atoms with van der Waals surface area (Å²) in [5, 5.41) is 0.104. The number of nitrogens with zero attached hydrogens (tertiary/aromatic N) is 2. The Morgan fingerprint density at radius 2 is 2.00 bits per heavy atom. The molecule has 1 aromatic rings. The van der Waals surface area contributed by atoms with Crippen molar-refractivity contribution in [2.45, 2.75) is 50.7 Å². The third-order valence-corrected chi connectivity index (χ3v) is 6.20. The molecule has 1 aliphatic heterocycles. The number of hydrogen-bond donors (Lipinski definition) is 0. The molecule has 0 unspecified atom stereocenters. The van der Waals surface area contributed by atoms with Crippen LogP contribution in [0.5, 0.6) is 0 Å². The van der Waals surface area contributed by atoms with Gasteiger partial charge in [0.1, 0.15) is 5.76 Å². The van der Waals surface area contributed by atoms with E-state index in [1.54, 1.807) is 6.07 Å². The van der Waals surface area contributed by atoms with E-state index in [-0.39, 0.29) is 5.09 Å². The zero-order valence-electron chi connectivity index (χ0n) is 13.3. The van der Waals surface area contributed by atoms with Gasteiger partial charge in [0.25, 0.3) is 10.0 Å². The van der Waals surface area contributed by atoms with E-state index in [2.05, 4.69) is 11.8 Å². The van der Waals surface area contributed by atoms with Crippen LogP contribution in [0, 0.1) is 5.92 Å². The van der Waals surface area contributed by atoms with E-state index in [0.29, 0.717) is 19.6 Å². The standard InChI is InChI=1S/C16H26N2O3S/c1-2-9-17(12-14-5-6-14)13-15-7-8-16(21-15)22(19,20)18-10-3-4-11-18/h7-8,14H,2-6,9-13H2,1H3. The molecule has 1 saturated heterocycles. The molecule has 1 aromatic heterocycles. The van der Waals surface area contributed by atoms with Gasteiger partial charge in [0, 0.05) is 19.6 Å². The van der Waals surface area contributed by atoms with Gasteiger partial charge in [-0.15, -0.1) is 0 Å². The summed E-state index contributed by atoms with van der Waals surface area (Å²) in [7, 11) is -3.43. The van der Waals surface area contributed by atoms with Crippen LogP contribution in [0.2, 0.25) is 0 Å². The van der Waals surface area contributed by atoms with Crippen molar-refractivity contribution in [1.82, 2.24) is 9.21 Å². The topological polar surface area (TPSA) is 53.8 Å². The number of furan rings is 1. The molecule has 22 heavy (non-hydrogen) atoms. The lowest BCUT2D eigenvalue weighted by molar-refractivity contribution is 0.227. The SMILES string of the molecule is CCCN(Cc1ccc(S(=O)(=O)N2CCCC2)o1)CC1CC1. The number of hydrogen-bond acceptors (Lipinski definition) is 4. The van der Waals surface area contributed by atoms with Gasteiger partial charge >= 0.3 is 0 Å². The highest BCUT2D eigenvalue weighted by Crippen LogP contribution is 2.30. The van der Waals surface area contributed by atoms with Gasteiger partial charge < -0.3 is 4.42 Å². The lowest BCUT2D eigenvalue weighted by Crippen LogP contribution is -2.27. The molecule has 2 aliphatic rings. The molecule has 0 bridgehead atoms.